The molecule has 0 aliphatic rings. The molecule has 2 N–H and O–H groups in total. The minimum absolute atomic E-state index is 0.0128. The average Bonchev–Trinajstić information content (AvgIpc) is 2.19. The van der Waals surface area contributed by atoms with Gasteiger partial charge in [0.15, 0.2) is 0 Å². The summed E-state index contributed by atoms with van der Waals surface area (Å²) in [6.07, 6.45) is -0.999. The van der Waals surface area contributed by atoms with Crippen LogP contribution in [0.1, 0.15) is 48.5 Å². The summed E-state index contributed by atoms with van der Waals surface area (Å²) in [4.78, 5) is 23.1. The number of carbonyl (C=O) groups excluding carboxylic acids is 2. The molecule has 1 atom stereocenters. The highest BCUT2D eigenvalue weighted by atomic mass is 16.6. The largest absolute Gasteiger partial charge is 0.447 e. The molecule has 0 aromatic heterocycles. The SMILES string of the molecule is CC(C)NC(=O)OC[C@@H](NC(=O)OC(C)(C)C)C(C)C. The Balaban J connectivity index is 4.31. The molecule has 20 heavy (non-hydrogen) atoms. The fourth-order valence-corrected chi connectivity index (χ4v) is 1.30. The summed E-state index contributed by atoms with van der Waals surface area (Å²) in [5.41, 5.74) is -0.554. The first-order valence-electron chi connectivity index (χ1n) is 6.94. The van der Waals surface area contributed by atoms with Crippen LogP contribution in [0.25, 0.3) is 0 Å². The first-order chi connectivity index (χ1) is 9.01. The van der Waals surface area contributed by atoms with Gasteiger partial charge < -0.3 is 20.1 Å². The number of hydrogen-bond donors (Lipinski definition) is 2. The van der Waals surface area contributed by atoms with Crippen LogP contribution in [0.15, 0.2) is 0 Å². The lowest BCUT2D eigenvalue weighted by atomic mass is 10.1. The van der Waals surface area contributed by atoms with E-state index in [0.717, 1.165) is 0 Å². The Hall–Kier alpha value is -1.46. The van der Waals surface area contributed by atoms with Crippen molar-refractivity contribution >= 4 is 12.2 Å². The summed E-state index contributed by atoms with van der Waals surface area (Å²) < 4.78 is 10.3. The third-order valence-corrected chi connectivity index (χ3v) is 2.31. The number of carbonyl (C=O) groups is 2. The molecule has 2 amide bonds. The maximum Gasteiger partial charge on any atom is 0.407 e. The molecule has 0 aliphatic carbocycles. The van der Waals surface area contributed by atoms with Gasteiger partial charge in [0, 0.05) is 6.04 Å². The quantitative estimate of drug-likeness (QED) is 0.815. The molecule has 0 fully saturated rings. The molecule has 0 saturated carbocycles. The van der Waals surface area contributed by atoms with Gasteiger partial charge in [-0.3, -0.25) is 0 Å². The van der Waals surface area contributed by atoms with Crippen molar-refractivity contribution in [1.82, 2.24) is 10.6 Å². The van der Waals surface area contributed by atoms with Crippen LogP contribution in [0, 0.1) is 5.92 Å². The standard InChI is InChI=1S/C14H28N2O4/c1-9(2)11(8-19-12(17)15-10(3)4)16-13(18)20-14(5,6)7/h9-11H,8H2,1-7H3,(H,15,17)(H,16,18)/t11-/m1/s1. The summed E-state index contributed by atoms with van der Waals surface area (Å²) in [5, 5.41) is 5.34. The van der Waals surface area contributed by atoms with Gasteiger partial charge in [0.05, 0.1) is 6.04 Å². The highest BCUT2D eigenvalue weighted by molar-refractivity contribution is 5.69. The van der Waals surface area contributed by atoms with Gasteiger partial charge in [-0.15, -0.1) is 0 Å². The van der Waals surface area contributed by atoms with Gasteiger partial charge in [-0.2, -0.15) is 0 Å². The zero-order valence-corrected chi connectivity index (χ0v) is 13.6. The van der Waals surface area contributed by atoms with Crippen LogP contribution in [0.3, 0.4) is 0 Å². The predicted octanol–water partition coefficient (Wildman–Crippen LogP) is 2.67. The Morgan fingerprint density at radius 3 is 1.95 bits per heavy atom. The van der Waals surface area contributed by atoms with Crippen LogP contribution in [0.2, 0.25) is 0 Å². The van der Waals surface area contributed by atoms with E-state index in [1.54, 1.807) is 20.8 Å². The van der Waals surface area contributed by atoms with E-state index in [1.165, 1.54) is 0 Å². The molecule has 0 bridgehead atoms. The Morgan fingerprint density at radius 1 is 1.00 bits per heavy atom. The molecule has 0 rings (SSSR count). The molecule has 0 aliphatic heterocycles. The van der Waals surface area contributed by atoms with Gasteiger partial charge in [-0.25, -0.2) is 9.59 Å². The molecule has 0 saturated heterocycles. The molecular formula is C14H28N2O4. The van der Waals surface area contributed by atoms with Crippen LogP contribution >= 0.6 is 0 Å². The molecule has 0 unspecified atom stereocenters. The summed E-state index contributed by atoms with van der Waals surface area (Å²) >= 11 is 0. The lowest BCUT2D eigenvalue weighted by molar-refractivity contribution is 0.0446. The first kappa shape index (κ1) is 18.5. The first-order valence-corrected chi connectivity index (χ1v) is 6.94. The number of hydrogen-bond acceptors (Lipinski definition) is 4. The van der Waals surface area contributed by atoms with E-state index in [1.807, 2.05) is 27.7 Å². The zero-order chi connectivity index (χ0) is 15.9. The fraction of sp³-hybridized carbons (Fsp3) is 0.857. The lowest BCUT2D eigenvalue weighted by Gasteiger charge is -2.25. The zero-order valence-electron chi connectivity index (χ0n) is 13.6. The van der Waals surface area contributed by atoms with Gasteiger partial charge in [-0.1, -0.05) is 13.8 Å². The molecule has 0 heterocycles. The Labute approximate surface area is 121 Å². The minimum atomic E-state index is -0.554. The number of amides is 2. The summed E-state index contributed by atoms with van der Waals surface area (Å²) in [5.74, 6) is 0.120. The molecule has 6 heteroatoms. The molecule has 6 nitrogen and oxygen atoms in total. The number of rotatable bonds is 5. The third-order valence-electron chi connectivity index (χ3n) is 2.31. The Kier molecular flexibility index (Phi) is 7.39. The fourth-order valence-electron chi connectivity index (χ4n) is 1.30. The van der Waals surface area contributed by atoms with Crippen molar-refractivity contribution in [2.75, 3.05) is 6.61 Å². The molecule has 0 aromatic rings. The summed E-state index contributed by atoms with van der Waals surface area (Å²) in [6, 6.07) is -0.276. The van der Waals surface area contributed by atoms with E-state index in [2.05, 4.69) is 10.6 Å². The second kappa shape index (κ2) is 7.97. The second-order valence-electron chi connectivity index (χ2n) is 6.39. The van der Waals surface area contributed by atoms with Crippen LogP contribution in [0.5, 0.6) is 0 Å². The molecule has 118 valence electrons. The Morgan fingerprint density at radius 2 is 1.55 bits per heavy atom. The summed E-state index contributed by atoms with van der Waals surface area (Å²) in [6.45, 7) is 13.1. The number of nitrogens with one attached hydrogen (secondary N) is 2. The van der Waals surface area contributed by atoms with Crippen molar-refractivity contribution in [2.24, 2.45) is 5.92 Å². The monoisotopic (exact) mass is 288 g/mol. The van der Waals surface area contributed by atoms with E-state index in [9.17, 15) is 9.59 Å². The summed E-state index contributed by atoms with van der Waals surface area (Å²) in [7, 11) is 0. The number of alkyl carbamates (subject to hydrolysis) is 2. The maximum atomic E-state index is 11.7. The van der Waals surface area contributed by atoms with Gasteiger partial charge in [0.25, 0.3) is 0 Å². The van der Waals surface area contributed by atoms with E-state index < -0.39 is 17.8 Å². The predicted molar refractivity (Wildman–Crippen MR) is 77.6 cm³/mol. The maximum absolute atomic E-state index is 11.7. The van der Waals surface area contributed by atoms with Gasteiger partial charge in [-0.05, 0) is 40.5 Å². The second-order valence-corrected chi connectivity index (χ2v) is 6.39. The number of ether oxygens (including phenoxy) is 2. The van der Waals surface area contributed by atoms with Crippen molar-refractivity contribution in [2.45, 2.75) is 66.2 Å². The van der Waals surface area contributed by atoms with Crippen LogP contribution in [-0.4, -0.2) is 36.5 Å². The van der Waals surface area contributed by atoms with E-state index >= 15 is 0 Å². The molecular weight excluding hydrogens is 260 g/mol. The van der Waals surface area contributed by atoms with E-state index in [-0.39, 0.29) is 24.6 Å². The van der Waals surface area contributed by atoms with Gasteiger partial charge in [0.2, 0.25) is 0 Å². The third kappa shape index (κ3) is 9.47. The van der Waals surface area contributed by atoms with Gasteiger partial charge >= 0.3 is 12.2 Å². The molecule has 0 spiro atoms. The topological polar surface area (TPSA) is 76.7 Å². The highest BCUT2D eigenvalue weighted by Gasteiger charge is 2.22. The average molecular weight is 288 g/mol. The normalized spacial score (nSPS) is 13.1. The van der Waals surface area contributed by atoms with Crippen molar-refractivity contribution in [3.63, 3.8) is 0 Å². The molecule has 0 aromatic carbocycles. The smallest absolute Gasteiger partial charge is 0.407 e. The Bertz CT molecular complexity index is 322. The lowest BCUT2D eigenvalue weighted by Crippen LogP contribution is -2.45. The van der Waals surface area contributed by atoms with Crippen LogP contribution in [-0.2, 0) is 9.47 Å². The van der Waals surface area contributed by atoms with Crippen molar-refractivity contribution in [3.05, 3.63) is 0 Å². The van der Waals surface area contributed by atoms with E-state index in [4.69, 9.17) is 9.47 Å². The van der Waals surface area contributed by atoms with Crippen LogP contribution in [0.4, 0.5) is 9.59 Å². The van der Waals surface area contributed by atoms with Crippen molar-refractivity contribution in [3.8, 4) is 0 Å². The van der Waals surface area contributed by atoms with Gasteiger partial charge in [0.1, 0.15) is 12.2 Å². The highest BCUT2D eigenvalue weighted by Crippen LogP contribution is 2.09. The molecule has 0 radical (unpaired) electrons. The van der Waals surface area contributed by atoms with Crippen molar-refractivity contribution in [1.29, 1.82) is 0 Å². The minimum Gasteiger partial charge on any atom is -0.447 e. The van der Waals surface area contributed by atoms with Crippen LogP contribution < -0.4 is 10.6 Å². The van der Waals surface area contributed by atoms with E-state index in [0.29, 0.717) is 0 Å². The van der Waals surface area contributed by atoms with Crippen molar-refractivity contribution < 1.29 is 19.1 Å².